The molecule has 0 amide bonds. The van der Waals surface area contributed by atoms with Crippen LogP contribution in [-0.4, -0.2) is 12.4 Å². The Hall–Kier alpha value is -0.930. The quantitative estimate of drug-likeness (QED) is 0.468. The van der Waals surface area contributed by atoms with Gasteiger partial charge >= 0.3 is 0 Å². The Kier molecular flexibility index (Phi) is 5.43. The highest BCUT2D eigenvalue weighted by Crippen LogP contribution is 2.31. The maximum atomic E-state index is 7.05. The number of hydrogen-bond donors (Lipinski definition) is 2. The van der Waals surface area contributed by atoms with Crippen LogP contribution in [0, 0.1) is 5.41 Å². The smallest absolute Gasteiger partial charge is 0.139 e. The number of nitrogens with one attached hydrogen (secondary N) is 1. The van der Waals surface area contributed by atoms with Crippen LogP contribution in [0.15, 0.2) is 18.2 Å². The average Bonchev–Trinajstić information content (AvgIpc) is 2.23. The van der Waals surface area contributed by atoms with E-state index in [1.54, 1.807) is 18.2 Å². The second-order valence-corrected chi connectivity index (χ2v) is 4.17. The van der Waals surface area contributed by atoms with Gasteiger partial charge in [0, 0.05) is 6.42 Å². The van der Waals surface area contributed by atoms with E-state index in [1.807, 2.05) is 0 Å². The zero-order valence-corrected chi connectivity index (χ0v) is 10.3. The Morgan fingerprint density at radius 1 is 1.31 bits per heavy atom. The van der Waals surface area contributed by atoms with E-state index in [0.29, 0.717) is 28.8 Å². The van der Waals surface area contributed by atoms with E-state index in [9.17, 15) is 0 Å². The molecule has 0 radical (unpaired) electrons. The summed E-state index contributed by atoms with van der Waals surface area (Å²) in [6.45, 7) is 0.549. The molecule has 1 rings (SSSR count). The molecule has 0 spiro atoms. The molecule has 0 saturated heterocycles. The van der Waals surface area contributed by atoms with Crippen molar-refractivity contribution in [2.24, 2.45) is 5.73 Å². The van der Waals surface area contributed by atoms with Crippen molar-refractivity contribution in [2.45, 2.75) is 19.3 Å². The average molecular weight is 261 g/mol. The number of benzene rings is 1. The van der Waals surface area contributed by atoms with E-state index in [-0.39, 0.29) is 5.84 Å². The fraction of sp³-hybridized carbons (Fsp3) is 0.364. The highest BCUT2D eigenvalue weighted by molar-refractivity contribution is 6.42. The van der Waals surface area contributed by atoms with Crippen molar-refractivity contribution in [3.63, 3.8) is 0 Å². The predicted octanol–water partition coefficient (Wildman–Crippen LogP) is 3.48. The topological polar surface area (TPSA) is 59.1 Å². The highest BCUT2D eigenvalue weighted by Gasteiger charge is 2.04. The Morgan fingerprint density at radius 2 is 2.06 bits per heavy atom. The summed E-state index contributed by atoms with van der Waals surface area (Å²) in [4.78, 5) is 0. The molecule has 88 valence electrons. The molecule has 0 unspecified atom stereocenters. The van der Waals surface area contributed by atoms with E-state index < -0.39 is 0 Å². The molecule has 0 fully saturated rings. The summed E-state index contributed by atoms with van der Waals surface area (Å²) in [6, 6.07) is 5.28. The van der Waals surface area contributed by atoms with E-state index >= 15 is 0 Å². The van der Waals surface area contributed by atoms with Gasteiger partial charge in [-0.2, -0.15) is 0 Å². The van der Waals surface area contributed by atoms with Crippen LogP contribution in [-0.2, 0) is 0 Å². The monoisotopic (exact) mass is 260 g/mol. The number of amidine groups is 1. The van der Waals surface area contributed by atoms with Gasteiger partial charge in [-0.15, -0.1) is 0 Å². The summed E-state index contributed by atoms with van der Waals surface area (Å²) in [7, 11) is 0. The van der Waals surface area contributed by atoms with Gasteiger partial charge in [0.1, 0.15) is 10.8 Å². The van der Waals surface area contributed by atoms with Crippen molar-refractivity contribution in [3.05, 3.63) is 28.2 Å². The molecule has 0 aliphatic heterocycles. The minimum Gasteiger partial charge on any atom is -0.492 e. The van der Waals surface area contributed by atoms with Gasteiger partial charge in [0.05, 0.1) is 17.5 Å². The van der Waals surface area contributed by atoms with Gasteiger partial charge in [0.15, 0.2) is 0 Å². The second-order valence-electron chi connectivity index (χ2n) is 3.38. The molecule has 0 aromatic heterocycles. The van der Waals surface area contributed by atoms with Crippen LogP contribution in [0.3, 0.4) is 0 Å². The minimum atomic E-state index is 0.209. The van der Waals surface area contributed by atoms with Crippen LogP contribution in [0.4, 0.5) is 0 Å². The van der Waals surface area contributed by atoms with Crippen LogP contribution in [0.5, 0.6) is 5.75 Å². The molecule has 0 aliphatic carbocycles. The molecule has 0 atom stereocenters. The molecule has 3 nitrogen and oxygen atoms in total. The second kappa shape index (κ2) is 6.61. The fourth-order valence-corrected chi connectivity index (χ4v) is 1.54. The predicted molar refractivity (Wildman–Crippen MR) is 67.7 cm³/mol. The first kappa shape index (κ1) is 13.1. The van der Waals surface area contributed by atoms with Gasteiger partial charge in [0.25, 0.3) is 0 Å². The summed E-state index contributed by atoms with van der Waals surface area (Å²) in [5.41, 5.74) is 5.23. The minimum absolute atomic E-state index is 0.209. The third kappa shape index (κ3) is 4.29. The van der Waals surface area contributed by atoms with E-state index in [4.69, 9.17) is 39.1 Å². The number of ether oxygens (including phenoxy) is 1. The van der Waals surface area contributed by atoms with Crippen LogP contribution in [0.1, 0.15) is 19.3 Å². The highest BCUT2D eigenvalue weighted by atomic mass is 35.5. The standard InChI is InChI=1S/C11H14Cl2N2O/c12-8-4-3-5-9(11(8)13)16-7-2-1-6-10(14)15/h3-5H,1-2,6-7H2,(H3,14,15). The first-order chi connectivity index (χ1) is 7.61. The van der Waals surface area contributed by atoms with Gasteiger partial charge in [-0.25, -0.2) is 0 Å². The maximum Gasteiger partial charge on any atom is 0.139 e. The fourth-order valence-electron chi connectivity index (χ4n) is 1.20. The van der Waals surface area contributed by atoms with Crippen molar-refractivity contribution in [1.29, 1.82) is 5.41 Å². The van der Waals surface area contributed by atoms with Crippen molar-refractivity contribution in [3.8, 4) is 5.75 Å². The van der Waals surface area contributed by atoms with Crippen molar-refractivity contribution in [1.82, 2.24) is 0 Å². The third-order valence-electron chi connectivity index (χ3n) is 2.01. The molecular formula is C11H14Cl2N2O. The molecule has 0 bridgehead atoms. The van der Waals surface area contributed by atoms with Crippen molar-refractivity contribution < 1.29 is 4.74 Å². The number of unbranched alkanes of at least 4 members (excludes halogenated alkanes) is 1. The van der Waals surface area contributed by atoms with Crippen LogP contribution < -0.4 is 10.5 Å². The van der Waals surface area contributed by atoms with Crippen molar-refractivity contribution in [2.75, 3.05) is 6.61 Å². The molecular weight excluding hydrogens is 247 g/mol. The normalized spacial score (nSPS) is 10.1. The summed E-state index contributed by atoms with van der Waals surface area (Å²) in [6.07, 6.45) is 2.28. The molecule has 3 N–H and O–H groups in total. The molecule has 0 aliphatic rings. The largest absolute Gasteiger partial charge is 0.492 e. The lowest BCUT2D eigenvalue weighted by molar-refractivity contribution is 0.308. The van der Waals surface area contributed by atoms with E-state index in [2.05, 4.69) is 0 Å². The summed E-state index contributed by atoms with van der Waals surface area (Å²) < 4.78 is 5.47. The van der Waals surface area contributed by atoms with Gasteiger partial charge in [-0.3, -0.25) is 5.41 Å². The lowest BCUT2D eigenvalue weighted by atomic mass is 10.2. The van der Waals surface area contributed by atoms with Gasteiger partial charge < -0.3 is 10.5 Å². The first-order valence-corrected chi connectivity index (χ1v) is 5.76. The third-order valence-corrected chi connectivity index (χ3v) is 2.82. The zero-order chi connectivity index (χ0) is 12.0. The number of halogens is 2. The number of rotatable bonds is 6. The van der Waals surface area contributed by atoms with E-state index in [0.717, 1.165) is 12.8 Å². The van der Waals surface area contributed by atoms with Crippen LogP contribution in [0.2, 0.25) is 10.0 Å². The van der Waals surface area contributed by atoms with Gasteiger partial charge in [-0.05, 0) is 25.0 Å². The number of hydrogen-bond acceptors (Lipinski definition) is 2. The molecule has 1 aromatic carbocycles. The number of nitrogens with two attached hydrogens (primary N) is 1. The summed E-state index contributed by atoms with van der Waals surface area (Å²) in [5, 5.41) is 7.98. The van der Waals surface area contributed by atoms with Crippen molar-refractivity contribution >= 4 is 29.0 Å². The SMILES string of the molecule is N=C(N)CCCCOc1cccc(Cl)c1Cl. The van der Waals surface area contributed by atoms with Crippen LogP contribution >= 0.6 is 23.2 Å². The van der Waals surface area contributed by atoms with Crippen LogP contribution in [0.25, 0.3) is 0 Å². The van der Waals surface area contributed by atoms with Gasteiger partial charge in [0.2, 0.25) is 0 Å². The first-order valence-electron chi connectivity index (χ1n) is 5.01. The Balaban J connectivity index is 2.32. The molecule has 0 heterocycles. The summed E-state index contributed by atoms with van der Waals surface area (Å²) in [5.74, 6) is 0.803. The molecule has 0 saturated carbocycles. The van der Waals surface area contributed by atoms with E-state index in [1.165, 1.54) is 0 Å². The zero-order valence-electron chi connectivity index (χ0n) is 8.80. The summed E-state index contributed by atoms with van der Waals surface area (Å²) >= 11 is 11.8. The Labute approximate surface area is 105 Å². The molecule has 16 heavy (non-hydrogen) atoms. The Bertz CT molecular complexity index is 369. The Morgan fingerprint density at radius 3 is 2.75 bits per heavy atom. The maximum absolute atomic E-state index is 7.05. The molecule has 1 aromatic rings. The lowest BCUT2D eigenvalue weighted by Crippen LogP contribution is -2.09. The molecule has 5 heteroatoms. The lowest BCUT2D eigenvalue weighted by Gasteiger charge is -2.08. The van der Waals surface area contributed by atoms with Gasteiger partial charge in [-0.1, -0.05) is 29.3 Å².